The maximum atomic E-state index is 11.5. The van der Waals surface area contributed by atoms with E-state index in [0.29, 0.717) is 6.54 Å². The van der Waals surface area contributed by atoms with Crippen molar-refractivity contribution < 1.29 is 8.42 Å². The first-order valence-electron chi connectivity index (χ1n) is 8.99. The van der Waals surface area contributed by atoms with Crippen LogP contribution >= 0.6 is 35.6 Å². The summed E-state index contributed by atoms with van der Waals surface area (Å²) in [7, 11) is -1.51. The van der Waals surface area contributed by atoms with Crippen LogP contribution in [0.25, 0.3) is 0 Å². The molecule has 0 radical (unpaired) electrons. The predicted octanol–water partition coefficient (Wildman–Crippen LogP) is 1.98. The Morgan fingerprint density at radius 2 is 1.75 bits per heavy atom. The number of benzene rings is 1. The van der Waals surface area contributed by atoms with Crippen molar-refractivity contribution in [3.8, 4) is 0 Å². The second kappa shape index (κ2) is 11.0. The van der Waals surface area contributed by atoms with Crippen molar-refractivity contribution in [2.24, 2.45) is 4.99 Å². The van der Waals surface area contributed by atoms with Gasteiger partial charge in [0.25, 0.3) is 0 Å². The summed E-state index contributed by atoms with van der Waals surface area (Å²) in [4.78, 5) is 8.96. The van der Waals surface area contributed by atoms with Gasteiger partial charge in [-0.2, -0.15) is 0 Å². The van der Waals surface area contributed by atoms with Gasteiger partial charge in [0.1, 0.15) is 0 Å². The number of rotatable bonds is 6. The summed E-state index contributed by atoms with van der Waals surface area (Å²) in [6, 6.07) is 7.97. The van der Waals surface area contributed by atoms with Gasteiger partial charge in [0.05, 0.1) is 6.26 Å². The largest absolute Gasteiger partial charge is 0.354 e. The Labute approximate surface area is 191 Å². The van der Waals surface area contributed by atoms with Crippen molar-refractivity contribution in [3.05, 3.63) is 34.9 Å². The van der Waals surface area contributed by atoms with Gasteiger partial charge in [0.15, 0.2) is 5.96 Å². The third kappa shape index (κ3) is 8.81. The fourth-order valence-corrected chi connectivity index (χ4v) is 4.34. The molecule has 0 amide bonds. The Hall–Kier alpha value is -0.620. The molecule has 0 unspecified atom stereocenters. The van der Waals surface area contributed by atoms with Crippen molar-refractivity contribution >= 4 is 51.6 Å². The summed E-state index contributed by atoms with van der Waals surface area (Å²) in [6.45, 7) is 8.67. The average molecular weight is 544 g/mol. The Balaban J connectivity index is 0.00000392. The highest BCUT2D eigenvalue weighted by Gasteiger charge is 2.25. The van der Waals surface area contributed by atoms with E-state index in [0.717, 1.165) is 43.7 Å². The summed E-state index contributed by atoms with van der Waals surface area (Å²) in [6.07, 6.45) is 1.17. The van der Waals surface area contributed by atoms with Gasteiger partial charge in [-0.1, -0.05) is 23.7 Å². The second-order valence-electron chi connectivity index (χ2n) is 7.55. The SMILES string of the molecule is CN=C(NCC(C)(C)NS(C)(=O)=O)N1CCN(Cc2ccc(Cl)cc2)CC1.I. The number of hydrogen-bond acceptors (Lipinski definition) is 4. The molecule has 2 N–H and O–H groups in total. The van der Waals surface area contributed by atoms with Crippen molar-refractivity contribution in [3.63, 3.8) is 0 Å². The Kier molecular flexibility index (Phi) is 9.95. The number of nitrogens with zero attached hydrogens (tertiary/aromatic N) is 3. The highest BCUT2D eigenvalue weighted by molar-refractivity contribution is 14.0. The molecule has 10 heteroatoms. The molecule has 0 atom stereocenters. The smallest absolute Gasteiger partial charge is 0.209 e. The van der Waals surface area contributed by atoms with E-state index in [1.165, 1.54) is 11.8 Å². The van der Waals surface area contributed by atoms with Crippen molar-refractivity contribution in [2.45, 2.75) is 25.9 Å². The molecule has 0 saturated carbocycles. The van der Waals surface area contributed by atoms with Crippen LogP contribution in [0.5, 0.6) is 0 Å². The zero-order valence-electron chi connectivity index (χ0n) is 16.9. The zero-order chi connectivity index (χ0) is 20.1. The van der Waals surface area contributed by atoms with E-state index in [4.69, 9.17) is 11.6 Å². The van der Waals surface area contributed by atoms with Gasteiger partial charge in [-0.05, 0) is 31.5 Å². The normalized spacial score (nSPS) is 16.6. The highest BCUT2D eigenvalue weighted by atomic mass is 127. The molecule has 0 aromatic heterocycles. The summed E-state index contributed by atoms with van der Waals surface area (Å²) < 4.78 is 25.6. The highest BCUT2D eigenvalue weighted by Crippen LogP contribution is 2.13. The van der Waals surface area contributed by atoms with Crippen LogP contribution in [0.15, 0.2) is 29.3 Å². The van der Waals surface area contributed by atoms with Crippen molar-refractivity contribution in [2.75, 3.05) is 46.0 Å². The van der Waals surface area contributed by atoms with Crippen LogP contribution in [0.4, 0.5) is 0 Å². The van der Waals surface area contributed by atoms with Crippen LogP contribution in [-0.4, -0.2) is 75.7 Å². The van der Waals surface area contributed by atoms with E-state index >= 15 is 0 Å². The molecule has 1 aromatic rings. The van der Waals surface area contributed by atoms with E-state index in [9.17, 15) is 8.42 Å². The molecule has 1 aromatic carbocycles. The lowest BCUT2D eigenvalue weighted by molar-refractivity contribution is 0.172. The zero-order valence-corrected chi connectivity index (χ0v) is 20.8. The fourth-order valence-electron chi connectivity index (χ4n) is 3.14. The third-order valence-electron chi connectivity index (χ3n) is 4.35. The number of piperazine rings is 1. The lowest BCUT2D eigenvalue weighted by Crippen LogP contribution is -2.56. The van der Waals surface area contributed by atoms with Gasteiger partial charge in [0, 0.05) is 56.9 Å². The van der Waals surface area contributed by atoms with E-state index < -0.39 is 15.6 Å². The second-order valence-corrected chi connectivity index (χ2v) is 9.73. The van der Waals surface area contributed by atoms with Gasteiger partial charge in [0.2, 0.25) is 10.0 Å². The average Bonchev–Trinajstić information content (AvgIpc) is 2.56. The summed E-state index contributed by atoms with van der Waals surface area (Å²) in [5, 5.41) is 4.04. The summed E-state index contributed by atoms with van der Waals surface area (Å²) in [5.41, 5.74) is 0.656. The number of halogens is 2. The minimum absolute atomic E-state index is 0. The third-order valence-corrected chi connectivity index (χ3v) is 5.53. The van der Waals surface area contributed by atoms with Crippen LogP contribution in [0, 0.1) is 0 Å². The summed E-state index contributed by atoms with van der Waals surface area (Å²) >= 11 is 5.94. The number of sulfonamides is 1. The fraction of sp³-hybridized carbons (Fsp3) is 0.611. The number of guanidine groups is 1. The minimum Gasteiger partial charge on any atom is -0.354 e. The number of aliphatic imine (C=N–C) groups is 1. The molecular formula is C18H31ClIN5O2S. The van der Waals surface area contributed by atoms with Gasteiger partial charge < -0.3 is 10.2 Å². The van der Waals surface area contributed by atoms with Crippen LogP contribution in [0.1, 0.15) is 19.4 Å². The molecule has 7 nitrogen and oxygen atoms in total. The summed E-state index contributed by atoms with van der Waals surface area (Å²) in [5.74, 6) is 0.796. The Morgan fingerprint density at radius 1 is 1.18 bits per heavy atom. The van der Waals surface area contributed by atoms with E-state index in [1.54, 1.807) is 7.05 Å². The molecule has 2 rings (SSSR count). The quantitative estimate of drug-likeness (QED) is 0.326. The molecule has 0 aliphatic carbocycles. The van der Waals surface area contributed by atoms with Crippen molar-refractivity contribution in [1.82, 2.24) is 19.8 Å². The molecule has 1 aliphatic heterocycles. The van der Waals surface area contributed by atoms with E-state index in [1.807, 2.05) is 26.0 Å². The standard InChI is InChI=1S/C18H30ClN5O2S.HI/c1-18(2,22-27(4,25)26)14-21-17(20-3)24-11-9-23(10-12-24)13-15-5-7-16(19)8-6-15;/h5-8,22H,9-14H2,1-4H3,(H,20,21);1H. The maximum Gasteiger partial charge on any atom is 0.209 e. The monoisotopic (exact) mass is 543 g/mol. The Morgan fingerprint density at radius 3 is 2.25 bits per heavy atom. The first-order chi connectivity index (χ1) is 12.6. The number of hydrogen-bond donors (Lipinski definition) is 2. The molecule has 28 heavy (non-hydrogen) atoms. The molecule has 160 valence electrons. The van der Waals surface area contributed by atoms with Gasteiger partial charge >= 0.3 is 0 Å². The van der Waals surface area contributed by atoms with E-state index in [2.05, 4.69) is 37.0 Å². The molecular weight excluding hydrogens is 513 g/mol. The van der Waals surface area contributed by atoms with Crippen LogP contribution in [0.2, 0.25) is 5.02 Å². The molecule has 1 aliphatic rings. The molecule has 1 saturated heterocycles. The van der Waals surface area contributed by atoms with Gasteiger partial charge in [-0.15, -0.1) is 24.0 Å². The minimum atomic E-state index is -3.26. The van der Waals surface area contributed by atoms with Crippen LogP contribution < -0.4 is 10.0 Å². The van der Waals surface area contributed by atoms with E-state index in [-0.39, 0.29) is 24.0 Å². The molecule has 1 heterocycles. The van der Waals surface area contributed by atoms with Crippen LogP contribution in [-0.2, 0) is 16.6 Å². The molecule has 1 fully saturated rings. The Bertz CT molecular complexity index is 748. The van der Waals surface area contributed by atoms with Gasteiger partial charge in [-0.3, -0.25) is 9.89 Å². The maximum absolute atomic E-state index is 11.5. The van der Waals surface area contributed by atoms with Gasteiger partial charge in [-0.25, -0.2) is 13.1 Å². The lowest BCUT2D eigenvalue weighted by Gasteiger charge is -2.37. The lowest BCUT2D eigenvalue weighted by atomic mass is 10.1. The van der Waals surface area contributed by atoms with Crippen LogP contribution in [0.3, 0.4) is 0 Å². The first-order valence-corrected chi connectivity index (χ1v) is 11.3. The first kappa shape index (κ1) is 25.4. The molecule has 0 bridgehead atoms. The molecule has 0 spiro atoms. The topological polar surface area (TPSA) is 77.0 Å². The predicted molar refractivity (Wildman–Crippen MR) is 127 cm³/mol. The van der Waals surface area contributed by atoms with Crippen molar-refractivity contribution in [1.29, 1.82) is 0 Å². The number of nitrogens with one attached hydrogen (secondary N) is 2.